The summed E-state index contributed by atoms with van der Waals surface area (Å²) < 4.78 is 0. The normalized spacial score (nSPS) is 20.3. The molecule has 4 heteroatoms. The molecule has 0 spiro atoms. The first kappa shape index (κ1) is 12.7. The van der Waals surface area contributed by atoms with Gasteiger partial charge in [-0.1, -0.05) is 6.07 Å². The van der Waals surface area contributed by atoms with E-state index in [-0.39, 0.29) is 0 Å². The first-order valence-electron chi connectivity index (χ1n) is 6.41. The summed E-state index contributed by atoms with van der Waals surface area (Å²) in [6, 6.07) is 7.65. The lowest BCUT2D eigenvalue weighted by molar-refractivity contribution is 0.217. The van der Waals surface area contributed by atoms with Gasteiger partial charge in [0.2, 0.25) is 0 Å². The molecule has 0 aliphatic carbocycles. The molecule has 96 valence electrons. The Balaban J connectivity index is 1.96. The van der Waals surface area contributed by atoms with E-state index in [2.05, 4.69) is 23.3 Å². The Bertz CT molecular complexity index is 450. The maximum atomic E-state index is 8.93. The Morgan fingerprint density at radius 1 is 1.56 bits per heavy atom. The van der Waals surface area contributed by atoms with Gasteiger partial charge in [-0.3, -0.25) is 0 Å². The van der Waals surface area contributed by atoms with Crippen molar-refractivity contribution in [2.24, 2.45) is 5.92 Å². The summed E-state index contributed by atoms with van der Waals surface area (Å²) >= 11 is 0. The minimum atomic E-state index is 0.542. The molecule has 1 aromatic carbocycles. The van der Waals surface area contributed by atoms with Gasteiger partial charge < -0.3 is 16.0 Å². The summed E-state index contributed by atoms with van der Waals surface area (Å²) in [4.78, 5) is 2.37. The van der Waals surface area contributed by atoms with Crippen LogP contribution >= 0.6 is 0 Å². The number of anilines is 2. The first-order chi connectivity index (χ1) is 8.70. The van der Waals surface area contributed by atoms with Gasteiger partial charge >= 0.3 is 0 Å². The molecule has 0 bridgehead atoms. The van der Waals surface area contributed by atoms with Crippen LogP contribution in [0.4, 0.5) is 11.4 Å². The first-order valence-corrected chi connectivity index (χ1v) is 6.41. The van der Waals surface area contributed by atoms with E-state index in [9.17, 15) is 0 Å². The minimum Gasteiger partial charge on any atom is -0.396 e. The summed E-state index contributed by atoms with van der Waals surface area (Å²) in [5.41, 5.74) is 7.92. The predicted molar refractivity (Wildman–Crippen MR) is 74.3 cm³/mol. The number of para-hydroxylation sites is 1. The Morgan fingerprint density at radius 3 is 3.11 bits per heavy atom. The van der Waals surface area contributed by atoms with Crippen molar-refractivity contribution >= 4 is 11.4 Å². The average molecular weight is 244 g/mol. The molecule has 3 N–H and O–H groups in total. The molecule has 1 aromatic rings. The van der Waals surface area contributed by atoms with Gasteiger partial charge in [-0.25, -0.2) is 0 Å². The van der Waals surface area contributed by atoms with Crippen molar-refractivity contribution < 1.29 is 0 Å². The number of piperidine rings is 1. The highest BCUT2D eigenvalue weighted by atomic mass is 15.1. The number of hydrogen-bond acceptors (Lipinski definition) is 4. The summed E-state index contributed by atoms with van der Waals surface area (Å²) in [6.07, 6.45) is 2.52. The molecule has 0 saturated carbocycles. The Morgan fingerprint density at radius 2 is 2.39 bits per heavy atom. The van der Waals surface area contributed by atoms with Crippen LogP contribution in [0.5, 0.6) is 0 Å². The van der Waals surface area contributed by atoms with Gasteiger partial charge in [0, 0.05) is 13.1 Å². The smallest absolute Gasteiger partial charge is 0.101 e. The Hall–Kier alpha value is -1.73. The van der Waals surface area contributed by atoms with Crippen LogP contribution in [0.1, 0.15) is 18.4 Å². The number of nitriles is 1. The Kier molecular flexibility index (Phi) is 4.06. The van der Waals surface area contributed by atoms with E-state index >= 15 is 0 Å². The lowest BCUT2D eigenvalue weighted by Gasteiger charge is -2.30. The molecule has 2 rings (SSSR count). The highest BCUT2D eigenvalue weighted by Gasteiger charge is 2.17. The van der Waals surface area contributed by atoms with E-state index in [1.165, 1.54) is 19.4 Å². The monoisotopic (exact) mass is 244 g/mol. The summed E-state index contributed by atoms with van der Waals surface area (Å²) in [5, 5.41) is 12.3. The van der Waals surface area contributed by atoms with Crippen molar-refractivity contribution in [2.75, 3.05) is 37.7 Å². The van der Waals surface area contributed by atoms with Gasteiger partial charge in [-0.2, -0.15) is 5.26 Å². The fraction of sp³-hybridized carbons (Fsp3) is 0.500. The predicted octanol–water partition coefficient (Wildman–Crippen LogP) is 1.89. The lowest BCUT2D eigenvalue weighted by Crippen LogP contribution is -2.35. The highest BCUT2D eigenvalue weighted by molar-refractivity contribution is 5.72. The van der Waals surface area contributed by atoms with Crippen LogP contribution < -0.4 is 11.1 Å². The molecule has 0 amide bonds. The highest BCUT2D eigenvalue weighted by Crippen LogP contribution is 2.23. The number of likely N-dealkylation sites (tertiary alicyclic amines) is 1. The van der Waals surface area contributed by atoms with E-state index in [4.69, 9.17) is 11.0 Å². The fourth-order valence-electron chi connectivity index (χ4n) is 2.51. The molecule has 4 nitrogen and oxygen atoms in total. The van der Waals surface area contributed by atoms with E-state index < -0.39 is 0 Å². The number of hydrogen-bond donors (Lipinski definition) is 2. The zero-order valence-electron chi connectivity index (χ0n) is 10.8. The van der Waals surface area contributed by atoms with E-state index in [1.807, 2.05) is 12.1 Å². The molecule has 1 unspecified atom stereocenters. The van der Waals surface area contributed by atoms with Gasteiger partial charge in [-0.05, 0) is 44.5 Å². The third-order valence-electron chi connectivity index (χ3n) is 3.53. The van der Waals surface area contributed by atoms with Crippen LogP contribution in [0, 0.1) is 17.2 Å². The molecule has 1 fully saturated rings. The number of benzene rings is 1. The molecule has 1 saturated heterocycles. The summed E-state index contributed by atoms with van der Waals surface area (Å²) in [6.45, 7) is 3.25. The molecule has 0 aromatic heterocycles. The summed E-state index contributed by atoms with van der Waals surface area (Å²) in [5.74, 6) is 0.661. The van der Waals surface area contributed by atoms with Gasteiger partial charge in [0.15, 0.2) is 0 Å². The van der Waals surface area contributed by atoms with E-state index in [0.717, 1.165) is 18.8 Å². The Labute approximate surface area is 108 Å². The van der Waals surface area contributed by atoms with E-state index in [1.54, 1.807) is 6.07 Å². The second kappa shape index (κ2) is 5.74. The number of rotatable bonds is 3. The molecule has 1 heterocycles. The number of nitrogen functional groups attached to an aromatic ring is 1. The van der Waals surface area contributed by atoms with Crippen LogP contribution in [0.25, 0.3) is 0 Å². The third-order valence-corrected chi connectivity index (χ3v) is 3.53. The quantitative estimate of drug-likeness (QED) is 0.797. The van der Waals surface area contributed by atoms with Crippen LogP contribution in [0.15, 0.2) is 18.2 Å². The third kappa shape index (κ3) is 2.93. The maximum absolute atomic E-state index is 8.93. The van der Waals surface area contributed by atoms with Crippen molar-refractivity contribution in [3.63, 3.8) is 0 Å². The largest absolute Gasteiger partial charge is 0.396 e. The number of nitrogens with two attached hydrogens (primary N) is 1. The second-order valence-electron chi connectivity index (χ2n) is 5.03. The number of nitrogens with zero attached hydrogens (tertiary/aromatic N) is 2. The van der Waals surface area contributed by atoms with Crippen molar-refractivity contribution in [1.82, 2.24) is 4.90 Å². The topological polar surface area (TPSA) is 65.1 Å². The van der Waals surface area contributed by atoms with E-state index in [0.29, 0.717) is 17.2 Å². The van der Waals surface area contributed by atoms with Crippen molar-refractivity contribution in [2.45, 2.75) is 12.8 Å². The zero-order chi connectivity index (χ0) is 13.0. The van der Waals surface area contributed by atoms with Crippen LogP contribution in [0.2, 0.25) is 0 Å². The maximum Gasteiger partial charge on any atom is 0.101 e. The standard InChI is InChI=1S/C14H20N4/c1-18-7-3-4-11(10-18)9-17-13-6-2-5-12(8-15)14(13)16/h2,5-6,11,17H,3-4,7,9-10,16H2,1H3. The number of nitrogens with one attached hydrogen (secondary N) is 1. The molecular formula is C14H20N4. The van der Waals surface area contributed by atoms with Gasteiger partial charge in [-0.15, -0.1) is 0 Å². The van der Waals surface area contributed by atoms with Crippen LogP contribution in [-0.2, 0) is 0 Å². The van der Waals surface area contributed by atoms with Crippen LogP contribution in [-0.4, -0.2) is 31.6 Å². The lowest BCUT2D eigenvalue weighted by atomic mass is 9.98. The molecule has 1 atom stereocenters. The molecule has 1 aliphatic rings. The van der Waals surface area contributed by atoms with Gasteiger partial charge in [0.1, 0.15) is 6.07 Å². The molecular weight excluding hydrogens is 224 g/mol. The average Bonchev–Trinajstić information content (AvgIpc) is 2.38. The summed E-state index contributed by atoms with van der Waals surface area (Å²) in [7, 11) is 2.16. The molecule has 18 heavy (non-hydrogen) atoms. The zero-order valence-corrected chi connectivity index (χ0v) is 10.8. The van der Waals surface area contributed by atoms with Crippen molar-refractivity contribution in [3.8, 4) is 6.07 Å². The van der Waals surface area contributed by atoms with Gasteiger partial charge in [0.05, 0.1) is 16.9 Å². The second-order valence-corrected chi connectivity index (χ2v) is 5.03. The van der Waals surface area contributed by atoms with Crippen molar-refractivity contribution in [3.05, 3.63) is 23.8 Å². The van der Waals surface area contributed by atoms with Gasteiger partial charge in [0.25, 0.3) is 0 Å². The van der Waals surface area contributed by atoms with Crippen LogP contribution in [0.3, 0.4) is 0 Å². The van der Waals surface area contributed by atoms with Crippen molar-refractivity contribution in [1.29, 1.82) is 5.26 Å². The molecule has 0 radical (unpaired) electrons. The minimum absolute atomic E-state index is 0.542. The fourth-order valence-corrected chi connectivity index (χ4v) is 2.51. The SMILES string of the molecule is CN1CCCC(CNc2cccc(C#N)c2N)C1. The molecule has 1 aliphatic heterocycles.